The van der Waals surface area contributed by atoms with Crippen LogP contribution < -0.4 is 5.32 Å². The molecule has 20 heavy (non-hydrogen) atoms. The Labute approximate surface area is 120 Å². The molecular formula is C17H21FN2. The summed E-state index contributed by atoms with van der Waals surface area (Å²) < 4.78 is 13.5. The minimum Gasteiger partial charge on any atom is -0.310 e. The number of hydrogen-bond donors (Lipinski definition) is 1. The second-order valence-electron chi connectivity index (χ2n) is 5.06. The molecule has 2 aromatic rings. The quantitative estimate of drug-likeness (QED) is 0.863. The highest BCUT2D eigenvalue weighted by atomic mass is 19.1. The summed E-state index contributed by atoms with van der Waals surface area (Å²) in [4.78, 5) is 4.12. The average molecular weight is 272 g/mol. The molecule has 1 unspecified atom stereocenters. The van der Waals surface area contributed by atoms with Gasteiger partial charge in [-0.2, -0.15) is 0 Å². The molecule has 1 aromatic heterocycles. The highest BCUT2D eigenvalue weighted by Gasteiger charge is 2.11. The normalized spacial score (nSPS) is 12.3. The first-order chi connectivity index (χ1) is 9.70. The molecule has 1 aromatic carbocycles. The summed E-state index contributed by atoms with van der Waals surface area (Å²) in [5.74, 6) is -0.185. The zero-order valence-corrected chi connectivity index (χ0v) is 12.1. The van der Waals surface area contributed by atoms with Crippen LogP contribution in [0.15, 0.2) is 42.7 Å². The van der Waals surface area contributed by atoms with Gasteiger partial charge in [-0.1, -0.05) is 19.1 Å². The molecule has 0 radical (unpaired) electrons. The molecule has 0 aliphatic heterocycles. The fraction of sp³-hybridized carbons (Fsp3) is 0.353. The van der Waals surface area contributed by atoms with Gasteiger partial charge >= 0.3 is 0 Å². The van der Waals surface area contributed by atoms with Gasteiger partial charge in [-0.15, -0.1) is 0 Å². The first-order valence-corrected chi connectivity index (χ1v) is 7.11. The van der Waals surface area contributed by atoms with E-state index in [9.17, 15) is 4.39 Å². The maximum absolute atomic E-state index is 13.5. The van der Waals surface area contributed by atoms with E-state index in [0.717, 1.165) is 29.7 Å². The molecule has 1 heterocycles. The molecule has 2 rings (SSSR count). The number of nitrogens with zero attached hydrogens (tertiary/aromatic N) is 1. The van der Waals surface area contributed by atoms with E-state index in [2.05, 4.69) is 24.1 Å². The predicted molar refractivity (Wildman–Crippen MR) is 80.2 cm³/mol. The topological polar surface area (TPSA) is 24.9 Å². The van der Waals surface area contributed by atoms with Crippen LogP contribution in [0.25, 0.3) is 0 Å². The Morgan fingerprint density at radius 2 is 2.15 bits per heavy atom. The lowest BCUT2D eigenvalue weighted by Crippen LogP contribution is -2.20. The summed E-state index contributed by atoms with van der Waals surface area (Å²) in [7, 11) is 0. The van der Waals surface area contributed by atoms with Crippen molar-refractivity contribution in [3.8, 4) is 0 Å². The molecule has 0 fully saturated rings. The van der Waals surface area contributed by atoms with Crippen LogP contribution in [0.1, 0.15) is 43.0 Å². The Kier molecular flexibility index (Phi) is 5.24. The van der Waals surface area contributed by atoms with Crippen molar-refractivity contribution in [2.24, 2.45) is 0 Å². The maximum atomic E-state index is 13.5. The maximum Gasteiger partial charge on any atom is 0.123 e. The van der Waals surface area contributed by atoms with Gasteiger partial charge in [0.05, 0.1) is 0 Å². The van der Waals surface area contributed by atoms with Gasteiger partial charge in [0.2, 0.25) is 0 Å². The SMILES string of the molecule is CCCNC(C)c1ccc(F)cc1Cc1cccnc1. The van der Waals surface area contributed by atoms with Crippen molar-refractivity contribution in [2.45, 2.75) is 32.7 Å². The number of nitrogens with one attached hydrogen (secondary N) is 1. The fourth-order valence-electron chi connectivity index (χ4n) is 2.34. The van der Waals surface area contributed by atoms with Gasteiger partial charge in [0.25, 0.3) is 0 Å². The molecule has 3 heteroatoms. The average Bonchev–Trinajstić information content (AvgIpc) is 2.46. The van der Waals surface area contributed by atoms with Crippen LogP contribution in [-0.4, -0.2) is 11.5 Å². The lowest BCUT2D eigenvalue weighted by molar-refractivity contribution is 0.563. The second-order valence-corrected chi connectivity index (χ2v) is 5.06. The van der Waals surface area contributed by atoms with Crippen molar-refractivity contribution >= 4 is 0 Å². The Morgan fingerprint density at radius 3 is 2.85 bits per heavy atom. The van der Waals surface area contributed by atoms with Crippen molar-refractivity contribution in [1.82, 2.24) is 10.3 Å². The largest absolute Gasteiger partial charge is 0.310 e. The molecule has 0 aliphatic rings. The van der Waals surface area contributed by atoms with Crippen molar-refractivity contribution in [3.05, 3.63) is 65.2 Å². The highest BCUT2D eigenvalue weighted by Crippen LogP contribution is 2.22. The number of halogens is 1. The summed E-state index contributed by atoms with van der Waals surface area (Å²) in [6, 6.07) is 9.20. The summed E-state index contributed by atoms with van der Waals surface area (Å²) in [5, 5.41) is 3.46. The fourth-order valence-corrected chi connectivity index (χ4v) is 2.34. The third-order valence-corrected chi connectivity index (χ3v) is 3.39. The van der Waals surface area contributed by atoms with Gasteiger partial charge in [-0.3, -0.25) is 4.98 Å². The summed E-state index contributed by atoms with van der Waals surface area (Å²) in [5.41, 5.74) is 3.28. The van der Waals surface area contributed by atoms with Gasteiger partial charge in [-0.25, -0.2) is 4.39 Å². The van der Waals surface area contributed by atoms with Crippen molar-refractivity contribution in [1.29, 1.82) is 0 Å². The lowest BCUT2D eigenvalue weighted by Gasteiger charge is -2.18. The Hall–Kier alpha value is -1.74. The van der Waals surface area contributed by atoms with Crippen LogP contribution in [0, 0.1) is 5.82 Å². The van der Waals surface area contributed by atoms with Gasteiger partial charge in [0.1, 0.15) is 5.82 Å². The zero-order valence-electron chi connectivity index (χ0n) is 12.1. The number of rotatable bonds is 6. The molecule has 1 atom stereocenters. The molecule has 0 saturated heterocycles. The number of aromatic nitrogens is 1. The summed E-state index contributed by atoms with van der Waals surface area (Å²) in [6.45, 7) is 5.22. The van der Waals surface area contributed by atoms with Crippen molar-refractivity contribution < 1.29 is 4.39 Å². The van der Waals surface area contributed by atoms with E-state index in [1.165, 1.54) is 6.07 Å². The third-order valence-electron chi connectivity index (χ3n) is 3.39. The van der Waals surface area contributed by atoms with E-state index < -0.39 is 0 Å². The minimum absolute atomic E-state index is 0.185. The van der Waals surface area contributed by atoms with Crippen LogP contribution in [0.5, 0.6) is 0 Å². The smallest absolute Gasteiger partial charge is 0.123 e. The van der Waals surface area contributed by atoms with Gasteiger partial charge in [-0.05, 0) is 61.2 Å². The molecular weight excluding hydrogens is 251 g/mol. The molecule has 0 bridgehead atoms. The molecule has 0 saturated carbocycles. The van der Waals surface area contributed by atoms with Gasteiger partial charge < -0.3 is 5.32 Å². The standard InChI is InChI=1S/C17H21FN2/c1-3-8-20-13(2)17-7-6-16(18)11-15(17)10-14-5-4-9-19-12-14/h4-7,9,11-13,20H,3,8,10H2,1-2H3. The Bertz CT molecular complexity index is 540. The van der Waals surface area contributed by atoms with Crippen LogP contribution in [0.3, 0.4) is 0 Å². The first kappa shape index (κ1) is 14.7. The first-order valence-electron chi connectivity index (χ1n) is 7.11. The van der Waals surface area contributed by atoms with Gasteiger partial charge in [0, 0.05) is 18.4 Å². The van der Waals surface area contributed by atoms with Crippen LogP contribution in [-0.2, 0) is 6.42 Å². The van der Waals surface area contributed by atoms with Gasteiger partial charge in [0.15, 0.2) is 0 Å². The van der Waals surface area contributed by atoms with E-state index in [1.54, 1.807) is 12.3 Å². The Balaban J connectivity index is 2.24. The molecule has 0 spiro atoms. The molecule has 2 nitrogen and oxygen atoms in total. The zero-order chi connectivity index (χ0) is 14.4. The lowest BCUT2D eigenvalue weighted by atomic mass is 9.96. The minimum atomic E-state index is -0.185. The molecule has 106 valence electrons. The van der Waals surface area contributed by atoms with Crippen molar-refractivity contribution in [2.75, 3.05) is 6.54 Å². The number of benzene rings is 1. The van der Waals surface area contributed by atoms with Crippen LogP contribution in [0.4, 0.5) is 4.39 Å². The Morgan fingerprint density at radius 1 is 1.30 bits per heavy atom. The summed E-state index contributed by atoms with van der Waals surface area (Å²) in [6.07, 6.45) is 5.38. The number of pyridine rings is 1. The third kappa shape index (κ3) is 3.87. The monoisotopic (exact) mass is 272 g/mol. The summed E-state index contributed by atoms with van der Waals surface area (Å²) >= 11 is 0. The second kappa shape index (κ2) is 7.15. The van der Waals surface area contributed by atoms with E-state index in [1.807, 2.05) is 24.4 Å². The predicted octanol–water partition coefficient (Wildman–Crippen LogP) is 3.87. The molecule has 0 amide bonds. The van der Waals surface area contributed by atoms with Crippen LogP contribution >= 0.6 is 0 Å². The van der Waals surface area contributed by atoms with E-state index >= 15 is 0 Å². The van der Waals surface area contributed by atoms with E-state index in [4.69, 9.17) is 0 Å². The van der Waals surface area contributed by atoms with E-state index in [-0.39, 0.29) is 11.9 Å². The van der Waals surface area contributed by atoms with Crippen molar-refractivity contribution in [3.63, 3.8) is 0 Å². The number of hydrogen-bond acceptors (Lipinski definition) is 2. The van der Waals surface area contributed by atoms with Crippen LogP contribution in [0.2, 0.25) is 0 Å². The van der Waals surface area contributed by atoms with E-state index in [0.29, 0.717) is 6.42 Å². The highest BCUT2D eigenvalue weighted by molar-refractivity contribution is 5.34. The molecule has 0 aliphatic carbocycles. The molecule has 1 N–H and O–H groups in total.